The minimum atomic E-state index is -0.253. The van der Waals surface area contributed by atoms with E-state index in [0.29, 0.717) is 34.9 Å². The van der Waals surface area contributed by atoms with Gasteiger partial charge in [0.15, 0.2) is 0 Å². The second kappa shape index (κ2) is 15.9. The van der Waals surface area contributed by atoms with Crippen molar-refractivity contribution < 1.29 is 14.3 Å². The van der Waals surface area contributed by atoms with Gasteiger partial charge in [0.2, 0.25) is 5.78 Å². The summed E-state index contributed by atoms with van der Waals surface area (Å²) in [7, 11) is 0. The fourth-order valence-electron chi connectivity index (χ4n) is 4.39. The second-order valence-electron chi connectivity index (χ2n) is 9.85. The first-order chi connectivity index (χ1) is 18.6. The summed E-state index contributed by atoms with van der Waals surface area (Å²) in [6.07, 6.45) is 9.24. The summed E-state index contributed by atoms with van der Waals surface area (Å²) in [5, 5.41) is 10.00. The van der Waals surface area contributed by atoms with Gasteiger partial charge in [-0.2, -0.15) is 5.26 Å². The lowest BCUT2D eigenvalue weighted by Crippen LogP contribution is -2.13. The van der Waals surface area contributed by atoms with Crippen LogP contribution in [0.15, 0.2) is 62.1 Å². The zero-order valence-electron chi connectivity index (χ0n) is 23.3. The van der Waals surface area contributed by atoms with Crippen LogP contribution in [0, 0.1) is 23.2 Å². The molecule has 0 saturated carbocycles. The van der Waals surface area contributed by atoms with Gasteiger partial charge in [0.1, 0.15) is 23.1 Å². The molecule has 2 aromatic carbocycles. The van der Waals surface area contributed by atoms with E-state index in [-0.39, 0.29) is 11.4 Å². The Hall–Kier alpha value is -2.36. The largest absolute Gasteiger partial charge is 0.492 e. The third-order valence-electron chi connectivity index (χ3n) is 7.04. The van der Waals surface area contributed by atoms with Crippen molar-refractivity contribution in [1.29, 1.82) is 5.26 Å². The topological polar surface area (TPSA) is 59.3 Å². The quantitative estimate of drug-likeness (QED) is 0.118. The number of nitrogens with zero attached hydrogens (tertiary/aromatic N) is 1. The SMILES string of the molecule is CCCCC(CC)COc1ccc(OCC(CC)CCCC)c2c1SC(=C(C#N)C(=O)c1ccccc1)S2. The van der Waals surface area contributed by atoms with Gasteiger partial charge in [-0.05, 0) is 36.8 Å². The lowest BCUT2D eigenvalue weighted by Gasteiger charge is -2.19. The molecule has 0 saturated heterocycles. The van der Waals surface area contributed by atoms with Crippen LogP contribution in [-0.4, -0.2) is 19.0 Å². The first-order valence-electron chi connectivity index (χ1n) is 14.1. The third-order valence-corrected chi connectivity index (χ3v) is 9.67. The van der Waals surface area contributed by atoms with Crippen LogP contribution >= 0.6 is 23.5 Å². The number of benzene rings is 2. The molecule has 4 nitrogen and oxygen atoms in total. The van der Waals surface area contributed by atoms with Crippen LogP contribution in [0.2, 0.25) is 0 Å². The molecule has 2 atom stereocenters. The molecule has 1 aliphatic heterocycles. The lowest BCUT2D eigenvalue weighted by atomic mass is 10.0. The lowest BCUT2D eigenvalue weighted by molar-refractivity contribution is 0.103. The van der Waals surface area contributed by atoms with E-state index in [0.717, 1.165) is 47.0 Å². The van der Waals surface area contributed by atoms with Crippen LogP contribution in [0.25, 0.3) is 0 Å². The standard InChI is InChI=1S/C32H41NO3S2/c1-5-9-14-23(7-3)21-35-27-18-19-28(36-22-24(8-4)15-10-6-2)31-30(27)37-32(38-31)26(20-33)29(34)25-16-12-11-13-17-25/h11-13,16-19,23-24H,5-10,14-15,21-22H2,1-4H3. The molecule has 38 heavy (non-hydrogen) atoms. The van der Waals surface area contributed by atoms with Crippen molar-refractivity contribution in [3.63, 3.8) is 0 Å². The highest BCUT2D eigenvalue weighted by atomic mass is 32.2. The summed E-state index contributed by atoms with van der Waals surface area (Å²) in [5.41, 5.74) is 0.688. The van der Waals surface area contributed by atoms with Crippen LogP contribution in [0.5, 0.6) is 11.5 Å². The minimum Gasteiger partial charge on any atom is -0.492 e. The van der Waals surface area contributed by atoms with E-state index in [4.69, 9.17) is 9.47 Å². The normalized spacial score (nSPS) is 13.9. The van der Waals surface area contributed by atoms with E-state index in [1.807, 2.05) is 30.3 Å². The predicted octanol–water partition coefficient (Wildman–Crippen LogP) is 9.69. The molecule has 2 unspecified atom stereocenters. The number of ether oxygens (including phenoxy) is 2. The van der Waals surface area contributed by atoms with Crippen LogP contribution in [0.1, 0.15) is 89.4 Å². The number of hydrogen-bond donors (Lipinski definition) is 0. The maximum atomic E-state index is 13.2. The number of unbranched alkanes of at least 4 members (excludes halogenated alkanes) is 2. The molecule has 0 amide bonds. The van der Waals surface area contributed by atoms with Gasteiger partial charge in [0.05, 0.1) is 27.2 Å². The van der Waals surface area contributed by atoms with Crippen molar-refractivity contribution in [2.24, 2.45) is 11.8 Å². The van der Waals surface area contributed by atoms with E-state index in [9.17, 15) is 10.1 Å². The summed E-state index contributed by atoms with van der Waals surface area (Å²) >= 11 is 2.92. The summed E-state index contributed by atoms with van der Waals surface area (Å²) in [5.74, 6) is 2.37. The van der Waals surface area contributed by atoms with Gasteiger partial charge >= 0.3 is 0 Å². The first-order valence-corrected chi connectivity index (χ1v) is 15.7. The third kappa shape index (κ3) is 8.07. The molecule has 1 aliphatic rings. The molecule has 0 fully saturated rings. The molecule has 0 N–H and O–H groups in total. The Labute approximate surface area is 237 Å². The number of carbonyl (C=O) groups is 1. The number of rotatable bonds is 16. The molecule has 6 heteroatoms. The first kappa shape index (κ1) is 30.2. The smallest absolute Gasteiger partial charge is 0.205 e. The number of thioether (sulfide) groups is 2. The maximum absolute atomic E-state index is 13.2. The molecule has 0 bridgehead atoms. The average Bonchev–Trinajstić information content (AvgIpc) is 3.40. The molecule has 204 valence electrons. The summed E-state index contributed by atoms with van der Waals surface area (Å²) in [6.45, 7) is 10.2. The number of hydrogen-bond acceptors (Lipinski definition) is 6. The van der Waals surface area contributed by atoms with E-state index in [1.165, 1.54) is 49.2 Å². The Morgan fingerprint density at radius 1 is 0.816 bits per heavy atom. The highest BCUT2D eigenvalue weighted by molar-refractivity contribution is 8.24. The number of fused-ring (bicyclic) bond motifs is 1. The fourth-order valence-corrected chi connectivity index (χ4v) is 7.00. The molecule has 0 aliphatic carbocycles. The molecule has 0 radical (unpaired) electrons. The molecule has 2 aromatic rings. The van der Waals surface area contributed by atoms with Crippen molar-refractivity contribution in [1.82, 2.24) is 0 Å². The van der Waals surface area contributed by atoms with Crippen molar-refractivity contribution in [2.75, 3.05) is 13.2 Å². The zero-order valence-corrected chi connectivity index (χ0v) is 24.9. The highest BCUT2D eigenvalue weighted by Crippen LogP contribution is 2.59. The van der Waals surface area contributed by atoms with Crippen molar-refractivity contribution in [3.8, 4) is 17.6 Å². The zero-order chi connectivity index (χ0) is 27.3. The Balaban J connectivity index is 1.90. The average molecular weight is 552 g/mol. The monoisotopic (exact) mass is 551 g/mol. The maximum Gasteiger partial charge on any atom is 0.205 e. The van der Waals surface area contributed by atoms with Gasteiger partial charge in [0.25, 0.3) is 0 Å². The Bertz CT molecular complexity index is 1070. The summed E-state index contributed by atoms with van der Waals surface area (Å²) in [4.78, 5) is 15.1. The van der Waals surface area contributed by atoms with Gasteiger partial charge < -0.3 is 9.47 Å². The molecule has 0 aromatic heterocycles. The van der Waals surface area contributed by atoms with Crippen molar-refractivity contribution in [3.05, 3.63) is 57.8 Å². The van der Waals surface area contributed by atoms with Gasteiger partial charge in [-0.3, -0.25) is 4.79 Å². The number of ketones is 1. The minimum absolute atomic E-state index is 0.170. The Morgan fingerprint density at radius 3 is 1.74 bits per heavy atom. The number of Topliss-reactive ketones (excluding diaryl/α,β-unsaturated/α-hetero) is 1. The van der Waals surface area contributed by atoms with Crippen LogP contribution < -0.4 is 9.47 Å². The summed E-state index contributed by atoms with van der Waals surface area (Å²) < 4.78 is 13.4. The van der Waals surface area contributed by atoms with E-state index in [1.54, 1.807) is 12.1 Å². The fraction of sp³-hybridized carbons (Fsp3) is 0.500. The van der Waals surface area contributed by atoms with Crippen LogP contribution in [-0.2, 0) is 0 Å². The molecule has 0 spiro atoms. The Kier molecular flexibility index (Phi) is 12.6. The summed E-state index contributed by atoms with van der Waals surface area (Å²) in [6, 6.07) is 15.2. The van der Waals surface area contributed by atoms with Gasteiger partial charge in [-0.25, -0.2) is 0 Å². The van der Waals surface area contributed by atoms with Gasteiger partial charge in [-0.15, -0.1) is 0 Å². The molecular formula is C32H41NO3S2. The van der Waals surface area contributed by atoms with Gasteiger partial charge in [-0.1, -0.05) is 120 Å². The number of allylic oxidation sites excluding steroid dienone is 1. The number of carbonyl (C=O) groups excluding carboxylic acids is 1. The highest BCUT2D eigenvalue weighted by Gasteiger charge is 2.31. The van der Waals surface area contributed by atoms with Gasteiger partial charge in [0, 0.05) is 5.56 Å². The van der Waals surface area contributed by atoms with Crippen molar-refractivity contribution in [2.45, 2.75) is 88.9 Å². The molecule has 1 heterocycles. The van der Waals surface area contributed by atoms with Crippen LogP contribution in [0.3, 0.4) is 0 Å². The van der Waals surface area contributed by atoms with Crippen molar-refractivity contribution >= 4 is 29.3 Å². The van der Waals surface area contributed by atoms with E-state index in [2.05, 4.69) is 33.8 Å². The molecular weight excluding hydrogens is 510 g/mol. The Morgan fingerprint density at radius 2 is 1.32 bits per heavy atom. The second-order valence-corrected chi connectivity index (χ2v) is 12.1. The molecule has 3 rings (SSSR count). The number of nitriles is 1. The van der Waals surface area contributed by atoms with E-state index >= 15 is 0 Å². The predicted molar refractivity (Wildman–Crippen MR) is 159 cm³/mol. The van der Waals surface area contributed by atoms with E-state index < -0.39 is 0 Å². The van der Waals surface area contributed by atoms with Crippen LogP contribution in [0.4, 0.5) is 0 Å².